The van der Waals surface area contributed by atoms with Gasteiger partial charge in [-0.25, -0.2) is 4.90 Å². The first kappa shape index (κ1) is 20.9. The monoisotopic (exact) mass is 429 g/mol. The summed E-state index contributed by atoms with van der Waals surface area (Å²) in [5.74, 6) is 0.0873. The predicted octanol–water partition coefficient (Wildman–Crippen LogP) is 5.78. The van der Waals surface area contributed by atoms with Crippen LogP contribution in [0.4, 0.5) is 5.69 Å². The number of thioether (sulfide) groups is 1. The number of hydrogen-bond donors (Lipinski definition) is 0. The van der Waals surface area contributed by atoms with E-state index in [4.69, 9.17) is 4.74 Å². The maximum Gasteiger partial charge on any atom is 0.272 e. The number of rotatable bonds is 6. The number of benzene rings is 3. The molecule has 4 rings (SSSR count). The molecule has 5 heteroatoms. The van der Waals surface area contributed by atoms with Gasteiger partial charge in [-0.05, 0) is 68.3 Å². The van der Waals surface area contributed by atoms with Crippen LogP contribution in [0.3, 0.4) is 0 Å². The standard InChI is InChI=1S/C26H23NO3S/c1-4-30-20-13-11-19(12-14-20)27-25(28)23(22-15-10-17(2)16-18(22)3)24(26(27)29)31-21-8-6-5-7-9-21/h5-16H,4H2,1-3H3. The molecule has 31 heavy (non-hydrogen) atoms. The molecule has 0 radical (unpaired) electrons. The maximum absolute atomic E-state index is 13.6. The Hall–Kier alpha value is -3.31. The van der Waals surface area contributed by atoms with Gasteiger partial charge in [-0.15, -0.1) is 0 Å². The second-order valence-corrected chi connectivity index (χ2v) is 8.39. The lowest BCUT2D eigenvalue weighted by molar-refractivity contribution is -0.119. The number of anilines is 1. The largest absolute Gasteiger partial charge is 0.494 e. The first-order valence-electron chi connectivity index (χ1n) is 10.2. The third kappa shape index (κ3) is 4.14. The van der Waals surface area contributed by atoms with Crippen LogP contribution in [-0.2, 0) is 9.59 Å². The molecule has 0 N–H and O–H groups in total. The van der Waals surface area contributed by atoms with E-state index in [0.717, 1.165) is 21.6 Å². The summed E-state index contributed by atoms with van der Waals surface area (Å²) in [6, 6.07) is 22.6. The number of carbonyl (C=O) groups is 2. The Morgan fingerprint density at radius 2 is 1.58 bits per heavy atom. The van der Waals surface area contributed by atoms with Gasteiger partial charge in [0.25, 0.3) is 11.8 Å². The summed E-state index contributed by atoms with van der Waals surface area (Å²) in [6.45, 7) is 6.45. The van der Waals surface area contributed by atoms with Crippen molar-refractivity contribution >= 4 is 34.8 Å². The average molecular weight is 430 g/mol. The van der Waals surface area contributed by atoms with Gasteiger partial charge in [-0.1, -0.05) is 53.7 Å². The number of aryl methyl sites for hydroxylation is 2. The van der Waals surface area contributed by atoms with Gasteiger partial charge < -0.3 is 4.74 Å². The van der Waals surface area contributed by atoms with Crippen molar-refractivity contribution in [3.8, 4) is 5.75 Å². The van der Waals surface area contributed by atoms with E-state index in [-0.39, 0.29) is 11.8 Å². The van der Waals surface area contributed by atoms with Crippen LogP contribution in [0, 0.1) is 13.8 Å². The molecular formula is C26H23NO3S. The minimum atomic E-state index is -0.307. The lowest BCUT2D eigenvalue weighted by Gasteiger charge is -2.16. The van der Waals surface area contributed by atoms with E-state index >= 15 is 0 Å². The molecule has 0 bridgehead atoms. The smallest absolute Gasteiger partial charge is 0.272 e. The van der Waals surface area contributed by atoms with Gasteiger partial charge in [0.05, 0.1) is 22.8 Å². The van der Waals surface area contributed by atoms with Crippen molar-refractivity contribution in [2.24, 2.45) is 0 Å². The highest BCUT2D eigenvalue weighted by Gasteiger charge is 2.40. The van der Waals surface area contributed by atoms with Crippen LogP contribution >= 0.6 is 11.8 Å². The van der Waals surface area contributed by atoms with Gasteiger partial charge in [0.15, 0.2) is 0 Å². The zero-order valence-electron chi connectivity index (χ0n) is 17.7. The molecule has 1 aliphatic heterocycles. The molecule has 0 saturated carbocycles. The predicted molar refractivity (Wildman–Crippen MR) is 125 cm³/mol. The summed E-state index contributed by atoms with van der Waals surface area (Å²) in [5.41, 5.74) is 3.85. The molecule has 0 atom stereocenters. The van der Waals surface area contributed by atoms with Crippen molar-refractivity contribution < 1.29 is 14.3 Å². The fraction of sp³-hybridized carbons (Fsp3) is 0.154. The highest BCUT2D eigenvalue weighted by Crippen LogP contribution is 2.42. The zero-order chi connectivity index (χ0) is 22.0. The Kier molecular flexibility index (Phi) is 5.96. The van der Waals surface area contributed by atoms with Crippen LogP contribution in [0.25, 0.3) is 5.57 Å². The molecule has 0 spiro atoms. The number of ether oxygens (including phenoxy) is 1. The Labute approximate surface area is 186 Å². The number of hydrogen-bond acceptors (Lipinski definition) is 4. The summed E-state index contributed by atoms with van der Waals surface area (Å²) in [6.07, 6.45) is 0. The van der Waals surface area contributed by atoms with Gasteiger partial charge in [-0.2, -0.15) is 0 Å². The molecule has 0 unspecified atom stereocenters. The molecule has 1 aliphatic rings. The molecule has 3 aromatic rings. The van der Waals surface area contributed by atoms with E-state index in [1.807, 2.05) is 69.3 Å². The second kappa shape index (κ2) is 8.82. The molecule has 0 fully saturated rings. The number of imide groups is 1. The van der Waals surface area contributed by atoms with Crippen LogP contribution in [0.15, 0.2) is 82.6 Å². The van der Waals surface area contributed by atoms with E-state index in [1.165, 1.54) is 16.7 Å². The molecule has 2 amide bonds. The summed E-state index contributed by atoms with van der Waals surface area (Å²) < 4.78 is 5.49. The second-order valence-electron chi connectivity index (χ2n) is 7.31. The fourth-order valence-corrected chi connectivity index (χ4v) is 4.64. The van der Waals surface area contributed by atoms with Crippen LogP contribution in [0.2, 0.25) is 0 Å². The lowest BCUT2D eigenvalue weighted by Crippen LogP contribution is -2.31. The van der Waals surface area contributed by atoms with Crippen molar-refractivity contribution in [1.29, 1.82) is 0 Å². The van der Waals surface area contributed by atoms with E-state index in [0.29, 0.717) is 28.5 Å². The van der Waals surface area contributed by atoms with Crippen LogP contribution in [0.5, 0.6) is 5.75 Å². The fourth-order valence-electron chi connectivity index (χ4n) is 3.63. The number of nitrogens with zero attached hydrogens (tertiary/aromatic N) is 1. The lowest BCUT2D eigenvalue weighted by atomic mass is 9.99. The molecule has 1 heterocycles. The first-order valence-corrected chi connectivity index (χ1v) is 11.0. The highest BCUT2D eigenvalue weighted by atomic mass is 32.2. The van der Waals surface area contributed by atoms with Crippen LogP contribution in [-0.4, -0.2) is 18.4 Å². The van der Waals surface area contributed by atoms with Crippen molar-refractivity contribution in [1.82, 2.24) is 0 Å². The average Bonchev–Trinajstić information content (AvgIpc) is 3.00. The Bertz CT molecular complexity index is 1170. The maximum atomic E-state index is 13.6. The van der Waals surface area contributed by atoms with Crippen molar-refractivity contribution in [3.63, 3.8) is 0 Å². The number of amides is 2. The molecule has 0 aromatic heterocycles. The molecular weight excluding hydrogens is 406 g/mol. The topological polar surface area (TPSA) is 46.6 Å². The van der Waals surface area contributed by atoms with Gasteiger partial charge in [0.1, 0.15) is 5.75 Å². The third-order valence-electron chi connectivity index (χ3n) is 5.06. The minimum absolute atomic E-state index is 0.306. The molecule has 156 valence electrons. The third-order valence-corrected chi connectivity index (χ3v) is 6.15. The zero-order valence-corrected chi connectivity index (χ0v) is 18.5. The Morgan fingerprint density at radius 1 is 0.871 bits per heavy atom. The van der Waals surface area contributed by atoms with Gasteiger partial charge in [0, 0.05) is 4.90 Å². The van der Waals surface area contributed by atoms with Gasteiger partial charge >= 0.3 is 0 Å². The summed E-state index contributed by atoms with van der Waals surface area (Å²) in [4.78, 5) is 29.7. The summed E-state index contributed by atoms with van der Waals surface area (Å²) in [5, 5.41) is 0. The summed E-state index contributed by atoms with van der Waals surface area (Å²) >= 11 is 1.33. The SMILES string of the molecule is CCOc1ccc(N2C(=O)C(Sc3ccccc3)=C(c3ccc(C)cc3C)C2=O)cc1. The Balaban J connectivity index is 1.80. The van der Waals surface area contributed by atoms with Gasteiger partial charge in [-0.3, -0.25) is 9.59 Å². The number of carbonyl (C=O) groups excluding carboxylic acids is 2. The van der Waals surface area contributed by atoms with E-state index in [9.17, 15) is 9.59 Å². The van der Waals surface area contributed by atoms with Gasteiger partial charge in [0.2, 0.25) is 0 Å². The first-order chi connectivity index (χ1) is 15.0. The minimum Gasteiger partial charge on any atom is -0.494 e. The highest BCUT2D eigenvalue weighted by molar-refractivity contribution is 8.04. The molecule has 4 nitrogen and oxygen atoms in total. The quantitative estimate of drug-likeness (QED) is 0.466. The molecule has 0 aliphatic carbocycles. The van der Waals surface area contributed by atoms with Crippen LogP contribution < -0.4 is 9.64 Å². The Morgan fingerprint density at radius 3 is 2.23 bits per heavy atom. The van der Waals surface area contributed by atoms with Crippen molar-refractivity contribution in [2.75, 3.05) is 11.5 Å². The van der Waals surface area contributed by atoms with Crippen molar-refractivity contribution in [3.05, 3.63) is 94.4 Å². The molecule has 0 saturated heterocycles. The van der Waals surface area contributed by atoms with E-state index < -0.39 is 0 Å². The van der Waals surface area contributed by atoms with Crippen LogP contribution in [0.1, 0.15) is 23.6 Å². The van der Waals surface area contributed by atoms with Crippen molar-refractivity contribution in [2.45, 2.75) is 25.7 Å². The van der Waals surface area contributed by atoms with E-state index in [1.54, 1.807) is 24.3 Å². The van der Waals surface area contributed by atoms with E-state index in [2.05, 4.69) is 0 Å². The molecule has 3 aromatic carbocycles. The summed E-state index contributed by atoms with van der Waals surface area (Å²) in [7, 11) is 0. The normalized spacial score (nSPS) is 13.8.